The van der Waals surface area contributed by atoms with Gasteiger partial charge in [0.2, 0.25) is 0 Å². The topological polar surface area (TPSA) is 71.2 Å². The molecule has 0 unspecified atom stereocenters. The SMILES string of the molecule is CCCc1ccc(NC(=O)OCc2ccccc2)c(=O)[nH]1. The maximum Gasteiger partial charge on any atom is 0.412 e. The van der Waals surface area contributed by atoms with E-state index in [1.807, 2.05) is 37.3 Å². The molecule has 1 aromatic carbocycles. The molecule has 21 heavy (non-hydrogen) atoms. The highest BCUT2D eigenvalue weighted by Crippen LogP contribution is 2.05. The van der Waals surface area contributed by atoms with Gasteiger partial charge >= 0.3 is 6.09 Å². The molecule has 0 radical (unpaired) electrons. The second-order valence-corrected chi connectivity index (χ2v) is 4.66. The van der Waals surface area contributed by atoms with Crippen LogP contribution in [0.2, 0.25) is 0 Å². The number of carbonyl (C=O) groups excluding carboxylic acids is 1. The maximum atomic E-state index is 11.8. The van der Waals surface area contributed by atoms with Gasteiger partial charge in [-0.1, -0.05) is 43.7 Å². The predicted octanol–water partition coefficient (Wildman–Crippen LogP) is 3.08. The molecule has 1 aromatic heterocycles. The lowest BCUT2D eigenvalue weighted by Gasteiger charge is -2.07. The van der Waals surface area contributed by atoms with E-state index in [1.165, 1.54) is 0 Å². The minimum atomic E-state index is -0.646. The summed E-state index contributed by atoms with van der Waals surface area (Å²) in [7, 11) is 0. The molecular formula is C16H18N2O3. The molecule has 2 aromatic rings. The van der Waals surface area contributed by atoms with E-state index < -0.39 is 6.09 Å². The summed E-state index contributed by atoms with van der Waals surface area (Å²) >= 11 is 0. The van der Waals surface area contributed by atoms with Gasteiger partial charge in [0, 0.05) is 5.69 Å². The van der Waals surface area contributed by atoms with Crippen LogP contribution < -0.4 is 10.9 Å². The standard InChI is InChI=1S/C16H18N2O3/c1-2-6-13-9-10-14(15(19)17-13)18-16(20)21-11-12-7-4-3-5-8-12/h3-5,7-10H,2,6,11H2,1H3,(H,17,19)(H,18,20). The van der Waals surface area contributed by atoms with Crippen LogP contribution in [-0.4, -0.2) is 11.1 Å². The highest BCUT2D eigenvalue weighted by Gasteiger charge is 2.07. The first-order chi connectivity index (χ1) is 10.2. The van der Waals surface area contributed by atoms with Crippen molar-refractivity contribution in [3.63, 3.8) is 0 Å². The maximum absolute atomic E-state index is 11.8. The lowest BCUT2D eigenvalue weighted by atomic mass is 10.2. The summed E-state index contributed by atoms with van der Waals surface area (Å²) < 4.78 is 5.06. The van der Waals surface area contributed by atoms with Crippen molar-refractivity contribution in [2.24, 2.45) is 0 Å². The summed E-state index contributed by atoms with van der Waals surface area (Å²) in [5.41, 5.74) is 1.61. The number of H-pyrrole nitrogens is 1. The third-order valence-corrected chi connectivity index (χ3v) is 2.94. The molecule has 0 spiro atoms. The van der Waals surface area contributed by atoms with Gasteiger partial charge < -0.3 is 9.72 Å². The predicted molar refractivity (Wildman–Crippen MR) is 81.3 cm³/mol. The van der Waals surface area contributed by atoms with Crippen molar-refractivity contribution >= 4 is 11.8 Å². The Bertz CT molecular complexity index is 650. The Balaban J connectivity index is 1.92. The third kappa shape index (κ3) is 4.49. The first-order valence-electron chi connectivity index (χ1n) is 6.89. The zero-order chi connectivity index (χ0) is 15.1. The number of hydrogen-bond donors (Lipinski definition) is 2. The fourth-order valence-corrected chi connectivity index (χ4v) is 1.90. The number of pyridine rings is 1. The molecule has 0 saturated heterocycles. The van der Waals surface area contributed by atoms with Gasteiger partial charge in [0.1, 0.15) is 12.3 Å². The van der Waals surface area contributed by atoms with Gasteiger partial charge in [-0.2, -0.15) is 0 Å². The Morgan fingerprint density at radius 3 is 2.62 bits per heavy atom. The van der Waals surface area contributed by atoms with E-state index in [0.717, 1.165) is 24.1 Å². The van der Waals surface area contributed by atoms with Gasteiger partial charge in [0.05, 0.1) is 0 Å². The summed E-state index contributed by atoms with van der Waals surface area (Å²) in [6.07, 6.45) is 1.10. The monoisotopic (exact) mass is 286 g/mol. The molecule has 110 valence electrons. The lowest BCUT2D eigenvalue weighted by molar-refractivity contribution is 0.155. The summed E-state index contributed by atoms with van der Waals surface area (Å²) in [5.74, 6) is 0. The molecule has 0 aliphatic rings. The minimum Gasteiger partial charge on any atom is -0.444 e. The average Bonchev–Trinajstić information content (AvgIpc) is 2.49. The van der Waals surface area contributed by atoms with Crippen molar-refractivity contribution in [3.05, 3.63) is 64.1 Å². The van der Waals surface area contributed by atoms with Crippen LogP contribution in [0.4, 0.5) is 10.5 Å². The molecule has 1 amide bonds. The van der Waals surface area contributed by atoms with Crippen LogP contribution in [0.25, 0.3) is 0 Å². The smallest absolute Gasteiger partial charge is 0.412 e. The summed E-state index contributed by atoms with van der Waals surface area (Å²) in [6.45, 7) is 2.20. The number of rotatable bonds is 5. The number of aromatic amines is 1. The van der Waals surface area contributed by atoms with Gasteiger partial charge in [-0.05, 0) is 24.1 Å². The minimum absolute atomic E-state index is 0.165. The average molecular weight is 286 g/mol. The molecule has 5 nitrogen and oxygen atoms in total. The van der Waals surface area contributed by atoms with E-state index in [2.05, 4.69) is 10.3 Å². The van der Waals surface area contributed by atoms with E-state index in [9.17, 15) is 9.59 Å². The summed E-state index contributed by atoms with van der Waals surface area (Å²) in [4.78, 5) is 26.2. The fraction of sp³-hybridized carbons (Fsp3) is 0.250. The Hall–Kier alpha value is -2.56. The molecule has 2 N–H and O–H groups in total. The second kappa shape index (κ2) is 7.28. The molecule has 1 heterocycles. The Labute approximate surface area is 123 Å². The van der Waals surface area contributed by atoms with Gasteiger partial charge in [-0.15, -0.1) is 0 Å². The number of anilines is 1. The number of carbonyl (C=O) groups is 1. The van der Waals surface area contributed by atoms with Crippen molar-refractivity contribution < 1.29 is 9.53 Å². The Morgan fingerprint density at radius 1 is 1.19 bits per heavy atom. The lowest BCUT2D eigenvalue weighted by Crippen LogP contribution is -2.21. The van der Waals surface area contributed by atoms with Crippen molar-refractivity contribution in [3.8, 4) is 0 Å². The van der Waals surface area contributed by atoms with E-state index in [1.54, 1.807) is 12.1 Å². The number of hydrogen-bond acceptors (Lipinski definition) is 3. The highest BCUT2D eigenvalue weighted by molar-refractivity contribution is 5.84. The van der Waals surface area contributed by atoms with Crippen LogP contribution in [-0.2, 0) is 17.8 Å². The second-order valence-electron chi connectivity index (χ2n) is 4.66. The molecule has 0 fully saturated rings. The third-order valence-electron chi connectivity index (χ3n) is 2.94. The fourth-order valence-electron chi connectivity index (χ4n) is 1.90. The largest absolute Gasteiger partial charge is 0.444 e. The zero-order valence-electron chi connectivity index (χ0n) is 11.9. The number of amides is 1. The van der Waals surface area contributed by atoms with E-state index in [-0.39, 0.29) is 17.9 Å². The van der Waals surface area contributed by atoms with E-state index >= 15 is 0 Å². The normalized spacial score (nSPS) is 10.1. The van der Waals surface area contributed by atoms with Crippen molar-refractivity contribution in [2.45, 2.75) is 26.4 Å². The van der Waals surface area contributed by atoms with Crippen molar-refractivity contribution in [2.75, 3.05) is 5.32 Å². The molecule has 0 aliphatic heterocycles. The molecule has 2 rings (SSSR count). The van der Waals surface area contributed by atoms with Crippen LogP contribution in [0.5, 0.6) is 0 Å². The van der Waals surface area contributed by atoms with Crippen LogP contribution in [0.3, 0.4) is 0 Å². The van der Waals surface area contributed by atoms with Gasteiger partial charge in [-0.25, -0.2) is 4.79 Å². The van der Waals surface area contributed by atoms with Crippen molar-refractivity contribution in [1.82, 2.24) is 4.98 Å². The molecule has 0 atom stereocenters. The molecule has 0 bridgehead atoms. The zero-order valence-corrected chi connectivity index (χ0v) is 11.9. The summed E-state index contributed by atoms with van der Waals surface area (Å²) in [6, 6.07) is 12.7. The van der Waals surface area contributed by atoms with Crippen LogP contribution in [0, 0.1) is 0 Å². The van der Waals surface area contributed by atoms with Crippen LogP contribution in [0.15, 0.2) is 47.3 Å². The first-order valence-corrected chi connectivity index (χ1v) is 6.89. The number of aryl methyl sites for hydroxylation is 1. The highest BCUT2D eigenvalue weighted by atomic mass is 16.5. The van der Waals surface area contributed by atoms with Gasteiger partial charge in [0.25, 0.3) is 5.56 Å². The quantitative estimate of drug-likeness (QED) is 0.887. The number of aromatic nitrogens is 1. The first kappa shape index (κ1) is 14.8. The van der Waals surface area contributed by atoms with Crippen LogP contribution >= 0.6 is 0 Å². The van der Waals surface area contributed by atoms with E-state index in [4.69, 9.17) is 4.74 Å². The molecule has 5 heteroatoms. The number of nitrogens with one attached hydrogen (secondary N) is 2. The number of benzene rings is 1. The van der Waals surface area contributed by atoms with E-state index in [0.29, 0.717) is 0 Å². The molecular weight excluding hydrogens is 268 g/mol. The van der Waals surface area contributed by atoms with Crippen LogP contribution in [0.1, 0.15) is 24.6 Å². The Morgan fingerprint density at radius 2 is 1.95 bits per heavy atom. The Kier molecular flexibility index (Phi) is 5.15. The molecule has 0 saturated carbocycles. The number of ether oxygens (including phenoxy) is 1. The van der Waals surface area contributed by atoms with Gasteiger partial charge in [0.15, 0.2) is 0 Å². The van der Waals surface area contributed by atoms with Gasteiger partial charge in [-0.3, -0.25) is 10.1 Å². The molecule has 0 aliphatic carbocycles. The van der Waals surface area contributed by atoms with Crippen molar-refractivity contribution in [1.29, 1.82) is 0 Å². The summed E-state index contributed by atoms with van der Waals surface area (Å²) in [5, 5.41) is 2.44.